The Bertz CT molecular complexity index is 735. The smallest absolute Gasteiger partial charge is 0.255 e. The van der Waals surface area contributed by atoms with Gasteiger partial charge in [0.05, 0.1) is 4.90 Å². The van der Waals surface area contributed by atoms with Crippen LogP contribution in [-0.4, -0.2) is 10.1 Å². The first-order chi connectivity index (χ1) is 9.90. The van der Waals surface area contributed by atoms with E-state index in [-0.39, 0.29) is 16.8 Å². The molecule has 1 unspecified atom stereocenters. The topological polar surface area (TPSA) is 72.2 Å². The molecule has 0 heterocycles. The number of halogens is 2. The van der Waals surface area contributed by atoms with E-state index in [0.29, 0.717) is 4.90 Å². The van der Waals surface area contributed by atoms with E-state index in [9.17, 15) is 17.8 Å². The molecule has 2 rings (SSSR count). The van der Waals surface area contributed by atoms with Gasteiger partial charge in [-0.15, -0.1) is 0 Å². The Morgan fingerprint density at radius 1 is 1.24 bits per heavy atom. The van der Waals surface area contributed by atoms with Crippen molar-refractivity contribution in [1.82, 2.24) is 0 Å². The van der Waals surface area contributed by atoms with Crippen LogP contribution in [0.2, 0.25) is 0 Å². The monoisotopic (exact) mass is 310 g/mol. The van der Waals surface area contributed by atoms with E-state index in [4.69, 9.17) is 5.14 Å². The van der Waals surface area contributed by atoms with Gasteiger partial charge in [0.25, 0.3) is 5.91 Å². The van der Waals surface area contributed by atoms with Crippen LogP contribution in [-0.2, 0) is 11.0 Å². The van der Waals surface area contributed by atoms with E-state index in [1.54, 1.807) is 0 Å². The van der Waals surface area contributed by atoms with Crippen LogP contribution >= 0.6 is 0 Å². The Labute approximate surface area is 122 Å². The third kappa shape index (κ3) is 3.32. The molecule has 0 fully saturated rings. The van der Waals surface area contributed by atoms with Gasteiger partial charge < -0.3 is 5.32 Å². The highest BCUT2D eigenvalue weighted by molar-refractivity contribution is 7.82. The predicted octanol–water partition coefficient (Wildman–Crippen LogP) is 2.51. The van der Waals surface area contributed by atoms with Crippen LogP contribution in [0.5, 0.6) is 0 Å². The Balaban J connectivity index is 2.28. The Morgan fingerprint density at radius 2 is 1.95 bits per heavy atom. The van der Waals surface area contributed by atoms with Gasteiger partial charge in [0.1, 0.15) is 11.0 Å². The predicted molar refractivity (Wildman–Crippen MR) is 76.1 cm³/mol. The zero-order valence-corrected chi connectivity index (χ0v) is 11.8. The van der Waals surface area contributed by atoms with Crippen molar-refractivity contribution in [3.05, 3.63) is 59.2 Å². The van der Waals surface area contributed by atoms with Crippen molar-refractivity contribution in [2.45, 2.75) is 11.8 Å². The summed E-state index contributed by atoms with van der Waals surface area (Å²) in [6.07, 6.45) is 0. The maximum Gasteiger partial charge on any atom is 0.255 e. The maximum atomic E-state index is 13.4. The zero-order chi connectivity index (χ0) is 15.6. The fourth-order valence-corrected chi connectivity index (χ4v) is 2.20. The molecule has 0 aromatic heterocycles. The van der Waals surface area contributed by atoms with Crippen LogP contribution in [0, 0.1) is 18.6 Å². The van der Waals surface area contributed by atoms with E-state index < -0.39 is 28.5 Å². The minimum absolute atomic E-state index is 0.00176. The number of anilines is 1. The molecule has 1 amide bonds. The normalized spacial score (nSPS) is 12.0. The molecule has 21 heavy (non-hydrogen) atoms. The zero-order valence-electron chi connectivity index (χ0n) is 11.0. The van der Waals surface area contributed by atoms with Crippen molar-refractivity contribution in [2.24, 2.45) is 5.14 Å². The van der Waals surface area contributed by atoms with Gasteiger partial charge in [-0.3, -0.25) is 4.79 Å². The molecule has 0 aliphatic carbocycles. The molecule has 0 aliphatic rings. The lowest BCUT2D eigenvalue weighted by molar-refractivity contribution is 0.102. The molecule has 1 atom stereocenters. The van der Waals surface area contributed by atoms with Gasteiger partial charge in [-0.1, -0.05) is 6.07 Å². The van der Waals surface area contributed by atoms with Gasteiger partial charge in [-0.25, -0.2) is 18.1 Å². The van der Waals surface area contributed by atoms with Crippen LogP contribution in [0.25, 0.3) is 0 Å². The number of nitrogens with two attached hydrogens (primary N) is 1. The van der Waals surface area contributed by atoms with Gasteiger partial charge in [-0.2, -0.15) is 0 Å². The first-order valence-corrected chi connectivity index (χ1v) is 7.13. The van der Waals surface area contributed by atoms with Crippen LogP contribution in [0.15, 0.2) is 41.3 Å². The number of benzene rings is 2. The molecule has 2 aromatic rings. The molecular formula is C14H12F2N2O2S. The van der Waals surface area contributed by atoms with Crippen LogP contribution in [0.3, 0.4) is 0 Å². The fraction of sp³-hybridized carbons (Fsp3) is 0.0714. The molecule has 0 spiro atoms. The van der Waals surface area contributed by atoms with Crippen LogP contribution < -0.4 is 10.5 Å². The van der Waals surface area contributed by atoms with Crippen molar-refractivity contribution in [3.63, 3.8) is 0 Å². The van der Waals surface area contributed by atoms with E-state index >= 15 is 0 Å². The molecule has 2 aromatic carbocycles. The summed E-state index contributed by atoms with van der Waals surface area (Å²) in [4.78, 5) is 12.4. The summed E-state index contributed by atoms with van der Waals surface area (Å²) < 4.78 is 37.6. The van der Waals surface area contributed by atoms with Gasteiger partial charge in [0.2, 0.25) is 0 Å². The minimum Gasteiger partial charge on any atom is -0.322 e. The van der Waals surface area contributed by atoms with Crippen molar-refractivity contribution < 1.29 is 17.8 Å². The number of rotatable bonds is 3. The average molecular weight is 310 g/mol. The lowest BCUT2D eigenvalue weighted by atomic mass is 10.1. The van der Waals surface area contributed by atoms with E-state index in [1.807, 2.05) is 0 Å². The first kappa shape index (κ1) is 15.3. The molecule has 7 heteroatoms. The molecule has 0 radical (unpaired) electrons. The SMILES string of the molecule is Cc1c(NC(=O)c2cccc(S(N)=O)c2)ccc(F)c1F. The fourth-order valence-electron chi connectivity index (χ4n) is 1.74. The first-order valence-electron chi connectivity index (χ1n) is 5.92. The van der Waals surface area contributed by atoms with Crippen molar-refractivity contribution in [1.29, 1.82) is 0 Å². The summed E-state index contributed by atoms with van der Waals surface area (Å²) in [5.74, 6) is -2.52. The number of hydrogen-bond acceptors (Lipinski definition) is 2. The molecule has 3 N–H and O–H groups in total. The number of carbonyl (C=O) groups excluding carboxylic acids is 1. The standard InChI is InChI=1S/C14H12F2N2O2S/c1-8-12(6-5-11(15)13(8)16)18-14(19)9-3-2-4-10(7-9)21(17)20/h2-7H,17H2,1H3,(H,18,19). The second-order valence-electron chi connectivity index (χ2n) is 4.31. The van der Waals surface area contributed by atoms with Gasteiger partial charge in [0, 0.05) is 16.8 Å². The van der Waals surface area contributed by atoms with Crippen molar-refractivity contribution in [2.75, 3.05) is 5.32 Å². The summed E-state index contributed by atoms with van der Waals surface area (Å²) in [6.45, 7) is 1.36. The number of nitrogens with one attached hydrogen (secondary N) is 1. The summed E-state index contributed by atoms with van der Waals surface area (Å²) in [5, 5.41) is 7.72. The third-order valence-electron chi connectivity index (χ3n) is 2.92. The van der Waals surface area contributed by atoms with Gasteiger partial charge >= 0.3 is 0 Å². The Morgan fingerprint density at radius 3 is 2.62 bits per heavy atom. The second kappa shape index (κ2) is 6.11. The minimum atomic E-state index is -1.70. The number of carbonyl (C=O) groups is 1. The lowest BCUT2D eigenvalue weighted by Crippen LogP contribution is -2.14. The quantitative estimate of drug-likeness (QED) is 0.914. The van der Waals surface area contributed by atoms with E-state index in [0.717, 1.165) is 6.07 Å². The molecule has 0 saturated heterocycles. The van der Waals surface area contributed by atoms with E-state index in [2.05, 4.69) is 5.32 Å². The van der Waals surface area contributed by atoms with Crippen LogP contribution in [0.1, 0.15) is 15.9 Å². The summed E-state index contributed by atoms with van der Waals surface area (Å²) in [6, 6.07) is 8.14. The molecule has 0 saturated carbocycles. The average Bonchev–Trinajstić information content (AvgIpc) is 2.48. The molecule has 0 bridgehead atoms. The van der Waals surface area contributed by atoms with Crippen LogP contribution in [0.4, 0.5) is 14.5 Å². The Kier molecular flexibility index (Phi) is 4.44. The molecule has 110 valence electrons. The summed E-state index contributed by atoms with van der Waals surface area (Å²) >= 11 is 0. The largest absolute Gasteiger partial charge is 0.322 e. The lowest BCUT2D eigenvalue weighted by Gasteiger charge is -2.10. The highest BCUT2D eigenvalue weighted by Gasteiger charge is 2.13. The number of hydrogen-bond donors (Lipinski definition) is 2. The van der Waals surface area contributed by atoms with Crippen molar-refractivity contribution >= 4 is 22.6 Å². The molecule has 4 nitrogen and oxygen atoms in total. The van der Waals surface area contributed by atoms with E-state index in [1.165, 1.54) is 37.3 Å². The third-order valence-corrected chi connectivity index (χ3v) is 3.63. The molecular weight excluding hydrogens is 298 g/mol. The summed E-state index contributed by atoms with van der Waals surface area (Å²) in [5.41, 5.74) is 0.385. The highest BCUT2D eigenvalue weighted by Crippen LogP contribution is 2.21. The highest BCUT2D eigenvalue weighted by atomic mass is 32.2. The second-order valence-corrected chi connectivity index (χ2v) is 5.38. The summed E-state index contributed by atoms with van der Waals surface area (Å²) in [7, 11) is -1.70. The maximum absolute atomic E-state index is 13.4. The Hall–Kier alpha value is -2.12. The molecule has 0 aliphatic heterocycles. The van der Waals surface area contributed by atoms with Gasteiger partial charge in [-0.05, 0) is 37.3 Å². The van der Waals surface area contributed by atoms with Crippen molar-refractivity contribution in [3.8, 4) is 0 Å². The van der Waals surface area contributed by atoms with Gasteiger partial charge in [0.15, 0.2) is 11.6 Å². The number of amides is 1.